The number of aliphatic carboxylic acids is 1. The molecule has 230 valence electrons. The Morgan fingerprint density at radius 2 is 1.71 bits per heavy atom. The summed E-state index contributed by atoms with van der Waals surface area (Å²) in [5, 5.41) is 9.33. The average molecular weight is 586 g/mol. The van der Waals surface area contributed by atoms with Crippen molar-refractivity contribution in [1.29, 1.82) is 0 Å². The molecule has 0 spiro atoms. The number of carboxylic acid groups (broad SMARTS) is 1. The number of rotatable bonds is 9. The topological polar surface area (TPSA) is 73.3 Å². The minimum Gasteiger partial charge on any atom is -0.481 e. The number of methoxy groups -OCH3 is 1. The summed E-state index contributed by atoms with van der Waals surface area (Å²) in [4.78, 5) is 30.1. The lowest BCUT2D eigenvalue weighted by Gasteiger charge is -2.38. The highest BCUT2D eigenvalue weighted by molar-refractivity contribution is 5.86. The van der Waals surface area contributed by atoms with E-state index in [1.54, 1.807) is 12.0 Å². The van der Waals surface area contributed by atoms with E-state index >= 15 is 4.39 Å². The number of nitrogens with zero attached hydrogens (tertiary/aromatic N) is 3. The second-order valence-corrected chi connectivity index (χ2v) is 12.5. The molecule has 0 saturated carbocycles. The molecule has 3 aliphatic heterocycles. The van der Waals surface area contributed by atoms with Gasteiger partial charge >= 0.3 is 12.1 Å². The van der Waals surface area contributed by atoms with Gasteiger partial charge in [-0.3, -0.25) is 14.5 Å². The quantitative estimate of drug-likeness (QED) is 0.395. The first-order valence-electron chi connectivity index (χ1n) is 14.7. The standard InChI is InChI=1S/C30H43F4N3O4/c1-28(2,41-3)11-4-13-35-18-12-29(31,20-35)27(40)37-16-7-21(8-17-37)24-6-5-23(30(32,33)34)19-25(24)36-14-9-22(10-15-36)26(38)39/h5-6,19,21-22H,4,7-18,20H2,1-3H3,(H,38,39)/t29-/m1/s1. The van der Waals surface area contributed by atoms with Gasteiger partial charge in [0.05, 0.1) is 17.1 Å². The Bertz CT molecular complexity index is 1080. The minimum atomic E-state index is -4.49. The minimum absolute atomic E-state index is 0.0756. The molecule has 0 aliphatic carbocycles. The van der Waals surface area contributed by atoms with Crippen molar-refractivity contribution in [3.63, 3.8) is 0 Å². The van der Waals surface area contributed by atoms with E-state index in [0.717, 1.165) is 24.5 Å². The van der Waals surface area contributed by atoms with E-state index in [9.17, 15) is 27.9 Å². The molecule has 3 saturated heterocycles. The molecule has 3 aliphatic rings. The van der Waals surface area contributed by atoms with Crippen LogP contribution in [0.15, 0.2) is 18.2 Å². The lowest BCUT2D eigenvalue weighted by atomic mass is 9.86. The van der Waals surface area contributed by atoms with Crippen molar-refractivity contribution in [2.24, 2.45) is 5.92 Å². The van der Waals surface area contributed by atoms with Gasteiger partial charge in [-0.1, -0.05) is 6.07 Å². The summed E-state index contributed by atoms with van der Waals surface area (Å²) in [5.74, 6) is -1.93. The van der Waals surface area contributed by atoms with E-state index in [-0.39, 0.29) is 24.5 Å². The number of benzene rings is 1. The maximum absolute atomic E-state index is 15.8. The molecule has 1 aromatic carbocycles. The van der Waals surface area contributed by atoms with Gasteiger partial charge < -0.3 is 19.6 Å². The molecule has 0 bridgehead atoms. The Morgan fingerprint density at radius 1 is 1.05 bits per heavy atom. The van der Waals surface area contributed by atoms with E-state index in [1.165, 1.54) is 12.1 Å². The van der Waals surface area contributed by atoms with Crippen LogP contribution in [0, 0.1) is 5.92 Å². The van der Waals surface area contributed by atoms with Gasteiger partial charge in [0.15, 0.2) is 0 Å². The smallest absolute Gasteiger partial charge is 0.416 e. The summed E-state index contributed by atoms with van der Waals surface area (Å²) < 4.78 is 62.0. The van der Waals surface area contributed by atoms with Crippen LogP contribution in [0.4, 0.5) is 23.2 Å². The molecule has 0 radical (unpaired) electrons. The highest BCUT2D eigenvalue weighted by Crippen LogP contribution is 2.41. The van der Waals surface area contributed by atoms with Crippen molar-refractivity contribution in [1.82, 2.24) is 9.80 Å². The normalized spacial score (nSPS) is 23.8. The highest BCUT2D eigenvalue weighted by Gasteiger charge is 2.47. The van der Waals surface area contributed by atoms with Crippen LogP contribution in [-0.4, -0.2) is 91.0 Å². The van der Waals surface area contributed by atoms with Crippen LogP contribution in [0.5, 0.6) is 0 Å². The third-order valence-corrected chi connectivity index (χ3v) is 9.25. The van der Waals surface area contributed by atoms with Gasteiger partial charge in [0, 0.05) is 58.5 Å². The summed E-state index contributed by atoms with van der Waals surface area (Å²) in [7, 11) is 1.67. The first-order chi connectivity index (χ1) is 19.2. The van der Waals surface area contributed by atoms with Gasteiger partial charge in [0.2, 0.25) is 5.67 Å². The summed E-state index contributed by atoms with van der Waals surface area (Å²) in [6.45, 7) is 6.76. The van der Waals surface area contributed by atoms with Crippen molar-refractivity contribution in [2.45, 2.75) is 82.2 Å². The maximum atomic E-state index is 15.8. The summed E-state index contributed by atoms with van der Waals surface area (Å²) in [5.41, 5.74) is -1.63. The van der Waals surface area contributed by atoms with Crippen LogP contribution in [0.1, 0.15) is 75.8 Å². The predicted molar refractivity (Wildman–Crippen MR) is 148 cm³/mol. The largest absolute Gasteiger partial charge is 0.481 e. The molecule has 0 unspecified atom stereocenters. The number of hydrogen-bond acceptors (Lipinski definition) is 5. The van der Waals surface area contributed by atoms with Crippen LogP contribution in [0.25, 0.3) is 0 Å². The van der Waals surface area contributed by atoms with Gasteiger partial charge in [-0.2, -0.15) is 13.2 Å². The lowest BCUT2D eigenvalue weighted by molar-refractivity contribution is -0.144. The molecular formula is C30H43F4N3O4. The predicted octanol–water partition coefficient (Wildman–Crippen LogP) is 5.33. The summed E-state index contributed by atoms with van der Waals surface area (Å²) in [6.07, 6.45) is -0.843. The molecular weight excluding hydrogens is 542 g/mol. The lowest BCUT2D eigenvalue weighted by Crippen LogP contribution is -2.50. The molecule has 7 nitrogen and oxygen atoms in total. The molecule has 4 rings (SSSR count). The van der Waals surface area contributed by atoms with Crippen LogP contribution in [-0.2, 0) is 20.5 Å². The zero-order valence-electron chi connectivity index (χ0n) is 24.3. The monoisotopic (exact) mass is 585 g/mol. The van der Waals surface area contributed by atoms with Gasteiger partial charge in [-0.15, -0.1) is 0 Å². The number of likely N-dealkylation sites (tertiary alicyclic amines) is 2. The first-order valence-corrected chi connectivity index (χ1v) is 14.7. The number of carboxylic acids is 1. The fourth-order valence-corrected chi connectivity index (χ4v) is 6.43. The number of carbonyl (C=O) groups is 2. The van der Waals surface area contributed by atoms with Crippen LogP contribution in [0.2, 0.25) is 0 Å². The van der Waals surface area contributed by atoms with Crippen LogP contribution < -0.4 is 4.90 Å². The Hall–Kier alpha value is -2.40. The van der Waals surface area contributed by atoms with Crippen molar-refractivity contribution < 1.29 is 37.0 Å². The molecule has 1 atom stereocenters. The number of carbonyl (C=O) groups excluding carboxylic acids is 1. The van der Waals surface area contributed by atoms with Gasteiger partial charge in [0.1, 0.15) is 0 Å². The molecule has 3 heterocycles. The van der Waals surface area contributed by atoms with E-state index in [4.69, 9.17) is 4.74 Å². The van der Waals surface area contributed by atoms with Gasteiger partial charge in [-0.25, -0.2) is 4.39 Å². The third-order valence-electron chi connectivity index (χ3n) is 9.25. The highest BCUT2D eigenvalue weighted by atomic mass is 19.4. The van der Waals surface area contributed by atoms with E-state index in [0.29, 0.717) is 70.6 Å². The fraction of sp³-hybridized carbons (Fsp3) is 0.733. The maximum Gasteiger partial charge on any atom is 0.416 e. The molecule has 3 fully saturated rings. The van der Waals surface area contributed by atoms with Crippen molar-refractivity contribution in [2.75, 3.05) is 57.8 Å². The van der Waals surface area contributed by atoms with Gasteiger partial charge in [-0.05, 0) is 82.5 Å². The summed E-state index contributed by atoms with van der Waals surface area (Å²) in [6, 6.07) is 3.79. The van der Waals surface area contributed by atoms with Crippen molar-refractivity contribution in [3.8, 4) is 0 Å². The zero-order chi connectivity index (χ0) is 30.0. The van der Waals surface area contributed by atoms with Crippen molar-refractivity contribution in [3.05, 3.63) is 29.3 Å². The molecule has 41 heavy (non-hydrogen) atoms. The zero-order valence-corrected chi connectivity index (χ0v) is 24.3. The number of alkyl halides is 4. The third kappa shape index (κ3) is 7.52. The Morgan fingerprint density at radius 3 is 2.29 bits per heavy atom. The van der Waals surface area contributed by atoms with Crippen molar-refractivity contribution >= 4 is 17.6 Å². The second-order valence-electron chi connectivity index (χ2n) is 12.5. The van der Waals surface area contributed by atoms with E-state index in [1.807, 2.05) is 23.6 Å². The van der Waals surface area contributed by atoms with Crippen LogP contribution in [0.3, 0.4) is 0 Å². The number of halogens is 4. The Labute approximate surface area is 239 Å². The fourth-order valence-electron chi connectivity index (χ4n) is 6.43. The first kappa shape index (κ1) is 31.5. The second kappa shape index (κ2) is 12.5. The number of ether oxygens (including phenoxy) is 1. The average Bonchev–Trinajstić information content (AvgIpc) is 3.33. The Kier molecular flexibility index (Phi) is 9.58. The molecule has 1 aromatic rings. The Balaban J connectivity index is 1.38. The summed E-state index contributed by atoms with van der Waals surface area (Å²) >= 11 is 0. The van der Waals surface area contributed by atoms with Gasteiger partial charge in [0.25, 0.3) is 5.91 Å². The SMILES string of the molecule is COC(C)(C)CCCN1CC[C@](F)(C(=O)N2CCC(c3ccc(C(F)(F)F)cc3N3CCC(C(=O)O)CC3)CC2)C1. The van der Waals surface area contributed by atoms with Crippen LogP contribution >= 0.6 is 0 Å². The number of amides is 1. The molecule has 1 N–H and O–H groups in total. The number of hydrogen-bond donors (Lipinski definition) is 1. The number of anilines is 1. The molecule has 0 aromatic heterocycles. The number of piperidine rings is 2. The molecule has 11 heteroatoms. The van der Waals surface area contributed by atoms with E-state index in [2.05, 4.69) is 0 Å². The molecule has 1 amide bonds. The van der Waals surface area contributed by atoms with E-state index < -0.39 is 35.2 Å².